The highest BCUT2D eigenvalue weighted by molar-refractivity contribution is 9.10. The molecule has 0 unspecified atom stereocenters. The number of allylic oxidation sites excluding steroid dienone is 1. The van der Waals surface area contributed by atoms with Crippen LogP contribution in [0.25, 0.3) is 0 Å². The molecule has 0 bridgehead atoms. The number of hydrogen-bond acceptors (Lipinski definition) is 4. The number of benzene rings is 1. The molecule has 90 valence electrons. The number of fused-ring (bicyclic) bond motifs is 1. The van der Waals surface area contributed by atoms with Crippen LogP contribution in [-0.2, 0) is 16.0 Å². The van der Waals surface area contributed by atoms with E-state index in [-0.39, 0.29) is 10.7 Å². The highest BCUT2D eigenvalue weighted by Crippen LogP contribution is 2.39. The normalized spacial score (nSPS) is 14.5. The smallest absolute Gasteiger partial charge is 0.348 e. The van der Waals surface area contributed by atoms with Crippen molar-refractivity contribution in [1.29, 1.82) is 0 Å². The van der Waals surface area contributed by atoms with Gasteiger partial charge in [-0.3, -0.25) is 0 Å². The molecule has 3 nitrogen and oxygen atoms in total. The van der Waals surface area contributed by atoms with Crippen LogP contribution in [0, 0.1) is 0 Å². The molecule has 1 aromatic rings. The van der Waals surface area contributed by atoms with E-state index in [2.05, 4.69) is 15.9 Å². The fourth-order valence-electron chi connectivity index (χ4n) is 1.56. The molecule has 17 heavy (non-hydrogen) atoms. The average Bonchev–Trinajstić information content (AvgIpc) is 2.29. The Labute approximate surface area is 112 Å². The monoisotopic (exact) mass is 314 g/mol. The molecule has 0 spiro atoms. The molecule has 0 aromatic heterocycles. The Hall–Kier alpha value is -0.940. The molecule has 1 heterocycles. The van der Waals surface area contributed by atoms with Crippen molar-refractivity contribution >= 4 is 33.7 Å². The summed E-state index contributed by atoms with van der Waals surface area (Å²) in [6, 6.07) is 5.79. The second-order valence-corrected chi connectivity index (χ2v) is 5.50. The summed E-state index contributed by atoms with van der Waals surface area (Å²) in [6.07, 6.45) is 0.379. The highest BCUT2D eigenvalue weighted by atomic mass is 79.9. The summed E-state index contributed by atoms with van der Waals surface area (Å²) in [5, 5.41) is 9.83. The topological polar surface area (TPSA) is 46.5 Å². The van der Waals surface area contributed by atoms with E-state index in [0.29, 0.717) is 13.0 Å². The second-order valence-electron chi connectivity index (χ2n) is 3.53. The van der Waals surface area contributed by atoms with Crippen molar-refractivity contribution < 1.29 is 14.6 Å². The predicted molar refractivity (Wildman–Crippen MR) is 70.0 cm³/mol. The van der Waals surface area contributed by atoms with E-state index < -0.39 is 5.97 Å². The van der Waals surface area contributed by atoms with E-state index >= 15 is 0 Å². The summed E-state index contributed by atoms with van der Waals surface area (Å²) in [6.45, 7) is 2.05. The number of esters is 1. The molecule has 0 atom stereocenters. The summed E-state index contributed by atoms with van der Waals surface area (Å²) in [5.41, 5.74) is 1.02. The standard InChI is InChI=1S/C12H11BrO3S/c1-2-16-12(15)11-9(14)5-7-3-4-8(13)6-10(7)17-11/h3-4,6,14H,2,5H2,1H3. The molecule has 1 N–H and O–H groups in total. The van der Waals surface area contributed by atoms with Gasteiger partial charge in [0.25, 0.3) is 0 Å². The minimum Gasteiger partial charge on any atom is -0.510 e. The maximum atomic E-state index is 11.6. The minimum absolute atomic E-state index is 0.0864. The Bertz CT molecular complexity index is 497. The van der Waals surface area contributed by atoms with Crippen molar-refractivity contribution in [3.05, 3.63) is 38.9 Å². The number of carbonyl (C=O) groups is 1. The molecule has 0 aliphatic carbocycles. The first-order valence-electron chi connectivity index (χ1n) is 5.17. The summed E-state index contributed by atoms with van der Waals surface area (Å²) in [7, 11) is 0. The van der Waals surface area contributed by atoms with E-state index in [1.807, 2.05) is 18.2 Å². The molecule has 0 fully saturated rings. The van der Waals surface area contributed by atoms with Gasteiger partial charge in [-0.2, -0.15) is 0 Å². The van der Waals surface area contributed by atoms with Gasteiger partial charge in [0.2, 0.25) is 0 Å². The lowest BCUT2D eigenvalue weighted by molar-refractivity contribution is -0.137. The van der Waals surface area contributed by atoms with E-state index in [4.69, 9.17) is 4.74 Å². The summed E-state index contributed by atoms with van der Waals surface area (Å²) in [5.74, 6) is -0.371. The Balaban J connectivity index is 2.30. The molecular formula is C12H11BrO3S. The quantitative estimate of drug-likeness (QED) is 0.850. The van der Waals surface area contributed by atoms with Crippen LogP contribution >= 0.6 is 27.7 Å². The fourth-order valence-corrected chi connectivity index (χ4v) is 3.08. The molecule has 2 rings (SSSR count). The van der Waals surface area contributed by atoms with Gasteiger partial charge in [0, 0.05) is 15.8 Å². The number of aliphatic hydroxyl groups excluding tert-OH is 1. The minimum atomic E-state index is -0.458. The summed E-state index contributed by atoms with van der Waals surface area (Å²) < 4.78 is 5.86. The van der Waals surface area contributed by atoms with Crippen LogP contribution in [0.2, 0.25) is 0 Å². The Kier molecular flexibility index (Phi) is 3.79. The molecule has 0 saturated heterocycles. The Morgan fingerprint density at radius 3 is 3.06 bits per heavy atom. The van der Waals surface area contributed by atoms with Gasteiger partial charge >= 0.3 is 5.97 Å². The fraction of sp³-hybridized carbons (Fsp3) is 0.250. The largest absolute Gasteiger partial charge is 0.510 e. The zero-order valence-electron chi connectivity index (χ0n) is 9.20. The van der Waals surface area contributed by atoms with E-state index in [1.165, 1.54) is 11.8 Å². The van der Waals surface area contributed by atoms with Crippen molar-refractivity contribution in [2.75, 3.05) is 6.61 Å². The number of carbonyl (C=O) groups excluding carboxylic acids is 1. The number of halogens is 1. The summed E-state index contributed by atoms with van der Waals surface area (Å²) >= 11 is 4.64. The van der Waals surface area contributed by atoms with Gasteiger partial charge in [-0.1, -0.05) is 33.8 Å². The van der Waals surface area contributed by atoms with Crippen LogP contribution in [0.1, 0.15) is 12.5 Å². The van der Waals surface area contributed by atoms with Gasteiger partial charge < -0.3 is 9.84 Å². The third-order valence-corrected chi connectivity index (χ3v) is 4.02. The van der Waals surface area contributed by atoms with Crippen LogP contribution < -0.4 is 0 Å². The molecular weight excluding hydrogens is 304 g/mol. The number of rotatable bonds is 2. The molecule has 0 radical (unpaired) electrons. The van der Waals surface area contributed by atoms with Crippen molar-refractivity contribution in [2.24, 2.45) is 0 Å². The van der Waals surface area contributed by atoms with Crippen molar-refractivity contribution in [3.63, 3.8) is 0 Å². The predicted octanol–water partition coefficient (Wildman–Crippen LogP) is 3.43. The van der Waals surface area contributed by atoms with Crippen LogP contribution in [0.15, 0.2) is 38.2 Å². The zero-order chi connectivity index (χ0) is 12.4. The van der Waals surface area contributed by atoms with Crippen LogP contribution in [0.5, 0.6) is 0 Å². The lowest BCUT2D eigenvalue weighted by Gasteiger charge is -2.18. The van der Waals surface area contributed by atoms with Crippen LogP contribution in [-0.4, -0.2) is 17.7 Å². The maximum Gasteiger partial charge on any atom is 0.348 e. The first-order chi connectivity index (χ1) is 8.11. The van der Waals surface area contributed by atoms with Gasteiger partial charge in [-0.15, -0.1) is 0 Å². The van der Waals surface area contributed by atoms with Crippen molar-refractivity contribution in [1.82, 2.24) is 0 Å². The lowest BCUT2D eigenvalue weighted by atomic mass is 10.1. The van der Waals surface area contributed by atoms with Crippen molar-refractivity contribution in [3.8, 4) is 0 Å². The third-order valence-electron chi connectivity index (χ3n) is 2.32. The third kappa shape index (κ3) is 2.66. The van der Waals surface area contributed by atoms with E-state index in [1.54, 1.807) is 6.92 Å². The maximum absolute atomic E-state index is 11.6. The van der Waals surface area contributed by atoms with Gasteiger partial charge in [0.1, 0.15) is 10.7 Å². The number of hydrogen-bond donors (Lipinski definition) is 1. The molecule has 1 aliphatic rings. The zero-order valence-corrected chi connectivity index (χ0v) is 11.6. The first kappa shape index (κ1) is 12.5. The number of thioether (sulfide) groups is 1. The molecule has 5 heteroatoms. The molecule has 0 amide bonds. The van der Waals surface area contributed by atoms with Gasteiger partial charge in [-0.25, -0.2) is 4.79 Å². The molecule has 0 saturated carbocycles. The molecule has 1 aromatic carbocycles. The Morgan fingerprint density at radius 2 is 2.35 bits per heavy atom. The van der Waals surface area contributed by atoms with Gasteiger partial charge in [0.05, 0.1) is 6.61 Å². The average molecular weight is 315 g/mol. The van der Waals surface area contributed by atoms with E-state index in [9.17, 15) is 9.90 Å². The molecule has 1 aliphatic heterocycles. The summed E-state index contributed by atoms with van der Waals surface area (Å²) in [4.78, 5) is 12.9. The Morgan fingerprint density at radius 1 is 1.59 bits per heavy atom. The number of ether oxygens (including phenoxy) is 1. The van der Waals surface area contributed by atoms with Crippen LogP contribution in [0.4, 0.5) is 0 Å². The van der Waals surface area contributed by atoms with Gasteiger partial charge in [0.15, 0.2) is 0 Å². The second kappa shape index (κ2) is 5.14. The van der Waals surface area contributed by atoms with Crippen molar-refractivity contribution in [2.45, 2.75) is 18.2 Å². The SMILES string of the molecule is CCOC(=O)C1=C(O)Cc2ccc(Br)cc2S1. The highest BCUT2D eigenvalue weighted by Gasteiger charge is 2.24. The van der Waals surface area contributed by atoms with Gasteiger partial charge in [-0.05, 0) is 24.6 Å². The lowest BCUT2D eigenvalue weighted by Crippen LogP contribution is -2.12. The number of aliphatic hydroxyl groups is 1. The van der Waals surface area contributed by atoms with Crippen LogP contribution in [0.3, 0.4) is 0 Å². The first-order valence-corrected chi connectivity index (χ1v) is 6.78. The van der Waals surface area contributed by atoms with E-state index in [0.717, 1.165) is 14.9 Å².